The third-order valence-corrected chi connectivity index (χ3v) is 6.39. The van der Waals surface area contributed by atoms with Crippen molar-refractivity contribution in [2.45, 2.75) is 25.1 Å². The van der Waals surface area contributed by atoms with Gasteiger partial charge in [0.1, 0.15) is 5.56 Å². The Kier molecular flexibility index (Phi) is 6.18. The maximum absolute atomic E-state index is 13.5. The molecule has 1 aromatic carbocycles. The number of nitrogens with zero attached hydrogens (tertiary/aromatic N) is 5. The van der Waals surface area contributed by atoms with Crippen LogP contribution < -0.4 is 0 Å². The highest BCUT2D eigenvalue weighted by Gasteiger charge is 2.32. The largest absolute Gasteiger partial charge is 0.416 e. The summed E-state index contributed by atoms with van der Waals surface area (Å²) in [6.07, 6.45) is 2.91. The lowest BCUT2D eigenvalue weighted by molar-refractivity contribution is -0.137. The van der Waals surface area contributed by atoms with Crippen molar-refractivity contribution in [3.05, 3.63) is 66.1 Å². The second-order valence-electron chi connectivity index (χ2n) is 8.66. The van der Waals surface area contributed by atoms with Crippen molar-refractivity contribution in [1.82, 2.24) is 24.1 Å². The Bertz CT molecular complexity index is 1130. The van der Waals surface area contributed by atoms with Gasteiger partial charge in [-0.05, 0) is 43.2 Å². The molecule has 7 nitrogen and oxygen atoms in total. The molecule has 4 heterocycles. The summed E-state index contributed by atoms with van der Waals surface area (Å²) < 4.78 is 48.7. The van der Waals surface area contributed by atoms with Gasteiger partial charge in [-0.15, -0.1) is 0 Å². The molecule has 2 fully saturated rings. The molecule has 0 N–H and O–H groups in total. The highest BCUT2D eigenvalue weighted by molar-refractivity contribution is 5.97. The lowest BCUT2D eigenvalue weighted by atomic mass is 10.2. The molecule has 1 amide bonds. The van der Waals surface area contributed by atoms with Crippen LogP contribution in [-0.2, 0) is 10.9 Å². The van der Waals surface area contributed by atoms with E-state index in [0.29, 0.717) is 24.5 Å². The number of aromatic nitrogens is 3. The monoisotopic (exact) mass is 473 g/mol. The molecule has 0 saturated carbocycles. The smallest absolute Gasteiger partial charge is 0.377 e. The first-order valence-electron chi connectivity index (χ1n) is 11.4. The number of ether oxygens (including phenoxy) is 1. The Balaban J connectivity index is 1.39. The average molecular weight is 473 g/mol. The summed E-state index contributed by atoms with van der Waals surface area (Å²) in [5, 5.41) is 4.32. The van der Waals surface area contributed by atoms with Crippen LogP contribution in [0.25, 0.3) is 11.5 Å². The van der Waals surface area contributed by atoms with Gasteiger partial charge in [0.05, 0.1) is 23.6 Å². The van der Waals surface area contributed by atoms with Crippen molar-refractivity contribution in [3.63, 3.8) is 0 Å². The van der Waals surface area contributed by atoms with Crippen LogP contribution in [-0.4, -0.2) is 75.5 Å². The predicted molar refractivity (Wildman–Crippen MR) is 119 cm³/mol. The van der Waals surface area contributed by atoms with Crippen molar-refractivity contribution >= 4 is 5.91 Å². The number of amides is 1. The Hall–Kier alpha value is -3.11. The number of benzene rings is 1. The fourth-order valence-corrected chi connectivity index (χ4v) is 4.60. The molecule has 3 aromatic rings. The number of hydrogen-bond donors (Lipinski definition) is 0. The van der Waals surface area contributed by atoms with Crippen LogP contribution in [0.3, 0.4) is 0 Å². The minimum absolute atomic E-state index is 0.182. The average Bonchev–Trinajstić information content (AvgIpc) is 3.60. The Morgan fingerprint density at radius 3 is 2.53 bits per heavy atom. The molecule has 1 unspecified atom stereocenters. The minimum atomic E-state index is -4.47. The summed E-state index contributed by atoms with van der Waals surface area (Å²) in [5.41, 5.74) is -0.186. The summed E-state index contributed by atoms with van der Waals surface area (Å²) in [4.78, 5) is 17.6. The minimum Gasteiger partial charge on any atom is -0.377 e. The highest BCUT2D eigenvalue weighted by Crippen LogP contribution is 2.31. The Morgan fingerprint density at radius 2 is 1.85 bits per heavy atom. The summed E-state index contributed by atoms with van der Waals surface area (Å²) in [7, 11) is 0. The first-order valence-corrected chi connectivity index (χ1v) is 11.4. The van der Waals surface area contributed by atoms with Crippen LogP contribution in [0.15, 0.2) is 55.0 Å². The molecule has 0 spiro atoms. The second kappa shape index (κ2) is 9.27. The Morgan fingerprint density at radius 1 is 1.09 bits per heavy atom. The van der Waals surface area contributed by atoms with Gasteiger partial charge in [-0.3, -0.25) is 9.69 Å². The number of alkyl halides is 3. The van der Waals surface area contributed by atoms with E-state index in [9.17, 15) is 18.0 Å². The van der Waals surface area contributed by atoms with Gasteiger partial charge >= 0.3 is 6.18 Å². The van der Waals surface area contributed by atoms with Gasteiger partial charge in [0.25, 0.3) is 5.91 Å². The fourth-order valence-electron chi connectivity index (χ4n) is 4.60. The lowest BCUT2D eigenvalue weighted by Crippen LogP contribution is -2.50. The molecule has 5 rings (SSSR count). The molecule has 2 aromatic heterocycles. The third-order valence-electron chi connectivity index (χ3n) is 6.39. The number of carbonyl (C=O) groups is 1. The molecule has 0 bridgehead atoms. The van der Waals surface area contributed by atoms with Crippen LogP contribution in [0.5, 0.6) is 0 Å². The molecule has 0 radical (unpaired) electrons. The van der Waals surface area contributed by atoms with E-state index in [1.54, 1.807) is 40.1 Å². The van der Waals surface area contributed by atoms with Gasteiger partial charge in [-0.1, -0.05) is 6.07 Å². The fraction of sp³-hybridized carbons (Fsp3) is 0.417. The second-order valence-corrected chi connectivity index (χ2v) is 8.66. The maximum Gasteiger partial charge on any atom is 0.416 e. The van der Waals surface area contributed by atoms with E-state index >= 15 is 0 Å². The Labute approximate surface area is 195 Å². The van der Waals surface area contributed by atoms with Gasteiger partial charge in [0, 0.05) is 51.7 Å². The molecule has 0 aliphatic carbocycles. The van der Waals surface area contributed by atoms with E-state index in [-0.39, 0.29) is 17.7 Å². The number of hydrogen-bond acceptors (Lipinski definition) is 4. The van der Waals surface area contributed by atoms with Gasteiger partial charge in [0.15, 0.2) is 5.82 Å². The zero-order chi connectivity index (χ0) is 23.7. The van der Waals surface area contributed by atoms with E-state index < -0.39 is 11.7 Å². The van der Waals surface area contributed by atoms with Crippen molar-refractivity contribution < 1.29 is 22.7 Å². The van der Waals surface area contributed by atoms with E-state index in [4.69, 9.17) is 4.74 Å². The molecule has 180 valence electrons. The zero-order valence-electron chi connectivity index (χ0n) is 18.6. The molecular weight excluding hydrogens is 447 g/mol. The quantitative estimate of drug-likeness (QED) is 0.568. The van der Waals surface area contributed by atoms with Gasteiger partial charge in [-0.25, -0.2) is 4.68 Å². The molecule has 1 atom stereocenters. The van der Waals surface area contributed by atoms with Gasteiger partial charge < -0.3 is 14.2 Å². The summed E-state index contributed by atoms with van der Waals surface area (Å²) in [6, 6.07) is 8.53. The van der Waals surface area contributed by atoms with Gasteiger partial charge in [-0.2, -0.15) is 18.3 Å². The zero-order valence-corrected chi connectivity index (χ0v) is 18.6. The normalized spacial score (nSPS) is 19.6. The number of halogens is 3. The van der Waals surface area contributed by atoms with Crippen LogP contribution in [0, 0.1) is 0 Å². The molecule has 2 aliphatic heterocycles. The topological polar surface area (TPSA) is 55.5 Å². The summed E-state index contributed by atoms with van der Waals surface area (Å²) >= 11 is 0. The molecule has 2 saturated heterocycles. The van der Waals surface area contributed by atoms with E-state index in [2.05, 4.69) is 10.00 Å². The van der Waals surface area contributed by atoms with Crippen LogP contribution in [0.4, 0.5) is 13.2 Å². The summed E-state index contributed by atoms with van der Waals surface area (Å²) in [5.74, 6) is 0.231. The van der Waals surface area contributed by atoms with E-state index in [0.717, 1.165) is 51.2 Å². The van der Waals surface area contributed by atoms with E-state index in [1.165, 1.54) is 16.9 Å². The number of rotatable bonds is 5. The van der Waals surface area contributed by atoms with Crippen LogP contribution >= 0.6 is 0 Å². The maximum atomic E-state index is 13.5. The first kappa shape index (κ1) is 22.7. The summed E-state index contributed by atoms with van der Waals surface area (Å²) in [6.45, 7) is 4.36. The third kappa shape index (κ3) is 4.60. The standard InChI is InChI=1S/C24H26F3N5O2/c25-24(26,27)18-5-3-6-19(15-18)32-22(30-8-1-2-9-30)21(16-28-32)23(33)31-12-10-29(11-13-31)17-20-7-4-14-34-20/h1-3,5-6,8-9,15-16,20H,4,7,10-14,17H2. The van der Waals surface area contributed by atoms with Gasteiger partial charge in [0.2, 0.25) is 0 Å². The lowest BCUT2D eigenvalue weighted by Gasteiger charge is -2.35. The molecule has 10 heteroatoms. The molecule has 34 heavy (non-hydrogen) atoms. The first-order chi connectivity index (χ1) is 16.4. The van der Waals surface area contributed by atoms with Crippen LogP contribution in [0.2, 0.25) is 0 Å². The SMILES string of the molecule is O=C(c1cnn(-c2cccc(C(F)(F)F)c2)c1-n1cccc1)N1CCN(CC2CCCO2)CC1. The van der Waals surface area contributed by atoms with Crippen molar-refractivity contribution in [3.8, 4) is 11.5 Å². The van der Waals surface area contributed by atoms with E-state index in [1.807, 2.05) is 0 Å². The molecule has 2 aliphatic rings. The van der Waals surface area contributed by atoms with Crippen LogP contribution in [0.1, 0.15) is 28.8 Å². The van der Waals surface area contributed by atoms with Crippen molar-refractivity contribution in [2.75, 3.05) is 39.3 Å². The van der Waals surface area contributed by atoms with Crippen molar-refractivity contribution in [2.24, 2.45) is 0 Å². The number of carbonyl (C=O) groups excluding carboxylic acids is 1. The predicted octanol–water partition coefficient (Wildman–Crippen LogP) is 3.62. The van der Waals surface area contributed by atoms with Crippen molar-refractivity contribution in [1.29, 1.82) is 0 Å². The molecular formula is C24H26F3N5O2. The number of piperazine rings is 1. The highest BCUT2D eigenvalue weighted by atomic mass is 19.4.